The topological polar surface area (TPSA) is 61.4 Å². The molecule has 32 heavy (non-hydrogen) atoms. The molecule has 2 fully saturated rings. The number of hydrogen-bond acceptors (Lipinski definition) is 3. The minimum atomic E-state index is -0.597. The molecule has 1 heterocycles. The molecule has 2 aliphatic rings. The van der Waals surface area contributed by atoms with Gasteiger partial charge in [0, 0.05) is 30.4 Å². The minimum absolute atomic E-state index is 0.108. The summed E-state index contributed by atoms with van der Waals surface area (Å²) in [5.74, 6) is -1.02. The Bertz CT molecular complexity index is 958. The van der Waals surface area contributed by atoms with Crippen molar-refractivity contribution in [1.29, 1.82) is 0 Å². The van der Waals surface area contributed by atoms with E-state index in [0.717, 1.165) is 37.3 Å². The van der Waals surface area contributed by atoms with Crippen molar-refractivity contribution in [3.8, 4) is 0 Å². The zero-order valence-electron chi connectivity index (χ0n) is 18.6. The van der Waals surface area contributed by atoms with Gasteiger partial charge in [-0.05, 0) is 61.4 Å². The van der Waals surface area contributed by atoms with Gasteiger partial charge in [0.25, 0.3) is 0 Å². The van der Waals surface area contributed by atoms with Crippen LogP contribution in [-0.4, -0.2) is 30.9 Å². The first-order valence-electron chi connectivity index (χ1n) is 11.8. The predicted molar refractivity (Wildman–Crippen MR) is 125 cm³/mol. The van der Waals surface area contributed by atoms with Crippen molar-refractivity contribution < 1.29 is 14.0 Å². The summed E-state index contributed by atoms with van der Waals surface area (Å²) in [4.78, 5) is 28.2. The van der Waals surface area contributed by atoms with E-state index in [-0.39, 0.29) is 29.5 Å². The highest BCUT2D eigenvalue weighted by atomic mass is 19.1. The molecule has 1 saturated heterocycles. The summed E-state index contributed by atoms with van der Waals surface area (Å²) in [7, 11) is 0. The van der Waals surface area contributed by atoms with Crippen LogP contribution in [0.25, 0.3) is 0 Å². The van der Waals surface area contributed by atoms with Crippen molar-refractivity contribution in [3.05, 3.63) is 59.9 Å². The Balaban J connectivity index is 1.38. The Morgan fingerprint density at radius 1 is 1.12 bits per heavy atom. The third-order valence-electron chi connectivity index (χ3n) is 6.50. The predicted octanol–water partition coefficient (Wildman–Crippen LogP) is 4.84. The molecule has 2 N–H and O–H groups in total. The van der Waals surface area contributed by atoms with Crippen LogP contribution in [0.3, 0.4) is 0 Å². The summed E-state index contributed by atoms with van der Waals surface area (Å²) < 4.78 is 14.1. The zero-order chi connectivity index (χ0) is 22.5. The third-order valence-corrected chi connectivity index (χ3v) is 6.50. The molecule has 1 saturated carbocycles. The summed E-state index contributed by atoms with van der Waals surface area (Å²) in [6.45, 7) is 4.14. The molecule has 3 atom stereocenters. The van der Waals surface area contributed by atoms with Crippen LogP contribution >= 0.6 is 0 Å². The molecule has 0 radical (unpaired) electrons. The van der Waals surface area contributed by atoms with Crippen LogP contribution in [0.4, 0.5) is 15.8 Å². The third kappa shape index (κ3) is 5.29. The number of carbonyl (C=O) groups is 2. The van der Waals surface area contributed by atoms with Crippen LogP contribution < -0.4 is 15.5 Å². The van der Waals surface area contributed by atoms with Gasteiger partial charge in [0.1, 0.15) is 11.9 Å². The Morgan fingerprint density at radius 3 is 2.66 bits per heavy atom. The highest BCUT2D eigenvalue weighted by molar-refractivity contribution is 5.98. The molecule has 2 amide bonds. The van der Waals surface area contributed by atoms with Crippen LogP contribution in [-0.2, 0) is 9.59 Å². The standard InChI is InChI=1S/C26H32FN3O2/c1-2-3-13-24(29-25(31)22-17-21(22)20-11-4-5-12-23(20)27)26(32)28-18-9-8-10-19(16-18)30-14-6-7-15-30/h4-5,8-12,16,21-22,24H,2-3,6-7,13-15,17H2,1H3,(H,28,32)(H,29,31). The van der Waals surface area contributed by atoms with Gasteiger partial charge < -0.3 is 15.5 Å². The van der Waals surface area contributed by atoms with Gasteiger partial charge in [0.05, 0.1) is 0 Å². The molecular weight excluding hydrogens is 405 g/mol. The highest BCUT2D eigenvalue weighted by Gasteiger charge is 2.45. The van der Waals surface area contributed by atoms with E-state index in [1.54, 1.807) is 18.2 Å². The fourth-order valence-corrected chi connectivity index (χ4v) is 4.55. The fraction of sp³-hybridized carbons (Fsp3) is 0.462. The van der Waals surface area contributed by atoms with Crippen LogP contribution in [0.15, 0.2) is 48.5 Å². The molecule has 0 spiro atoms. The van der Waals surface area contributed by atoms with Gasteiger partial charge in [-0.2, -0.15) is 0 Å². The number of halogens is 1. The maximum absolute atomic E-state index is 14.1. The Morgan fingerprint density at radius 2 is 1.91 bits per heavy atom. The summed E-state index contributed by atoms with van der Waals surface area (Å²) in [6, 6.07) is 13.9. The van der Waals surface area contributed by atoms with Crippen molar-refractivity contribution in [2.75, 3.05) is 23.3 Å². The number of unbranched alkanes of at least 4 members (excludes halogenated alkanes) is 1. The van der Waals surface area contributed by atoms with E-state index in [2.05, 4.69) is 28.5 Å². The Kier molecular flexibility index (Phi) is 7.08. The number of hydrogen-bond donors (Lipinski definition) is 2. The monoisotopic (exact) mass is 437 g/mol. The maximum atomic E-state index is 14.1. The van der Waals surface area contributed by atoms with Crippen LogP contribution in [0.1, 0.15) is 56.9 Å². The molecule has 2 aromatic carbocycles. The average molecular weight is 438 g/mol. The number of nitrogens with one attached hydrogen (secondary N) is 2. The van der Waals surface area contributed by atoms with Crippen molar-refractivity contribution in [1.82, 2.24) is 5.32 Å². The minimum Gasteiger partial charge on any atom is -0.371 e. The summed E-state index contributed by atoms with van der Waals surface area (Å²) >= 11 is 0. The summed E-state index contributed by atoms with van der Waals surface area (Å²) in [5, 5.41) is 5.93. The first kappa shape index (κ1) is 22.3. The van der Waals surface area contributed by atoms with E-state index in [0.29, 0.717) is 18.4 Å². The smallest absolute Gasteiger partial charge is 0.246 e. The average Bonchev–Trinajstić information content (AvgIpc) is 3.40. The largest absolute Gasteiger partial charge is 0.371 e. The van der Waals surface area contributed by atoms with Gasteiger partial charge in [-0.15, -0.1) is 0 Å². The molecule has 1 aliphatic carbocycles. The van der Waals surface area contributed by atoms with Gasteiger partial charge in [-0.1, -0.05) is 44.0 Å². The van der Waals surface area contributed by atoms with Crippen molar-refractivity contribution in [2.45, 2.75) is 57.4 Å². The fourth-order valence-electron chi connectivity index (χ4n) is 4.55. The molecule has 170 valence electrons. The van der Waals surface area contributed by atoms with Crippen molar-refractivity contribution >= 4 is 23.2 Å². The highest BCUT2D eigenvalue weighted by Crippen LogP contribution is 2.48. The van der Waals surface area contributed by atoms with Gasteiger partial charge in [0.2, 0.25) is 11.8 Å². The second-order valence-corrected chi connectivity index (χ2v) is 8.91. The number of anilines is 2. The van der Waals surface area contributed by atoms with E-state index in [9.17, 15) is 14.0 Å². The molecule has 3 unspecified atom stereocenters. The van der Waals surface area contributed by atoms with Crippen molar-refractivity contribution in [3.63, 3.8) is 0 Å². The molecule has 4 rings (SSSR count). The molecular formula is C26H32FN3O2. The molecule has 6 heteroatoms. The van der Waals surface area contributed by atoms with Gasteiger partial charge in [0.15, 0.2) is 0 Å². The normalized spacial score (nSPS) is 20.6. The molecule has 2 aromatic rings. The van der Waals surface area contributed by atoms with Crippen molar-refractivity contribution in [2.24, 2.45) is 5.92 Å². The van der Waals surface area contributed by atoms with Gasteiger partial charge >= 0.3 is 0 Å². The second kappa shape index (κ2) is 10.2. The van der Waals surface area contributed by atoms with E-state index in [4.69, 9.17) is 0 Å². The lowest BCUT2D eigenvalue weighted by Gasteiger charge is -2.21. The first-order chi connectivity index (χ1) is 15.6. The first-order valence-corrected chi connectivity index (χ1v) is 11.8. The van der Waals surface area contributed by atoms with E-state index >= 15 is 0 Å². The van der Waals surface area contributed by atoms with Crippen LogP contribution in [0, 0.1) is 11.7 Å². The number of amides is 2. The number of rotatable bonds is 9. The lowest BCUT2D eigenvalue weighted by Crippen LogP contribution is -2.44. The SMILES string of the molecule is CCCCC(NC(=O)C1CC1c1ccccc1F)C(=O)Nc1cccc(N2CCCC2)c1. The van der Waals surface area contributed by atoms with Crippen LogP contribution in [0.2, 0.25) is 0 Å². The Labute approximate surface area is 189 Å². The number of carbonyl (C=O) groups excluding carboxylic acids is 2. The molecule has 0 bridgehead atoms. The van der Waals surface area contributed by atoms with E-state index in [1.807, 2.05) is 18.2 Å². The molecule has 5 nitrogen and oxygen atoms in total. The number of nitrogens with zero attached hydrogens (tertiary/aromatic N) is 1. The van der Waals surface area contributed by atoms with Crippen LogP contribution in [0.5, 0.6) is 0 Å². The quantitative estimate of drug-likeness (QED) is 0.590. The maximum Gasteiger partial charge on any atom is 0.246 e. The number of benzene rings is 2. The second-order valence-electron chi connectivity index (χ2n) is 8.91. The van der Waals surface area contributed by atoms with Gasteiger partial charge in [-0.3, -0.25) is 9.59 Å². The van der Waals surface area contributed by atoms with E-state index in [1.165, 1.54) is 18.9 Å². The lowest BCUT2D eigenvalue weighted by molar-refractivity contribution is -0.127. The summed E-state index contributed by atoms with van der Waals surface area (Å²) in [5.41, 5.74) is 2.44. The zero-order valence-corrected chi connectivity index (χ0v) is 18.6. The van der Waals surface area contributed by atoms with Gasteiger partial charge in [-0.25, -0.2) is 4.39 Å². The van der Waals surface area contributed by atoms with E-state index < -0.39 is 6.04 Å². The summed E-state index contributed by atoms with van der Waals surface area (Å²) in [6.07, 6.45) is 5.36. The molecule has 1 aliphatic heterocycles. The Hall–Kier alpha value is -2.89. The molecule has 0 aromatic heterocycles. The lowest BCUT2D eigenvalue weighted by atomic mass is 10.1.